The molecule has 0 bridgehead atoms. The molecule has 13 N–H and O–H groups in total. The number of likely N-dealkylation sites (N-methyl/N-ethyl adjacent to an activating group) is 2. The first-order valence-corrected chi connectivity index (χ1v) is 16.3. The van der Waals surface area contributed by atoms with Gasteiger partial charge in [0.1, 0.15) is 24.2 Å². The Morgan fingerprint density at radius 1 is 0.574 bits per heavy atom. The van der Waals surface area contributed by atoms with E-state index in [0.717, 1.165) is 12.2 Å². The minimum atomic E-state index is -1.77. The summed E-state index contributed by atoms with van der Waals surface area (Å²) in [6.07, 6.45) is -0.834. The first kappa shape index (κ1) is 46.0. The molecule has 54 heavy (non-hydrogen) atoms. The number of imide groups is 1. The number of nitrogens with two attached hydrogens (primary N) is 1. The molecular weight excluding hydrogens is 726 g/mol. The summed E-state index contributed by atoms with van der Waals surface area (Å²) in [7, 11) is 2.65. The van der Waals surface area contributed by atoms with Crippen molar-refractivity contribution in [3.05, 3.63) is 12.2 Å². The van der Waals surface area contributed by atoms with Crippen LogP contribution in [0.15, 0.2) is 12.2 Å². The topological polar surface area (TPSA) is 382 Å². The third-order valence-electron chi connectivity index (χ3n) is 7.79. The molecule has 0 saturated heterocycles. The van der Waals surface area contributed by atoms with Crippen molar-refractivity contribution in [3.8, 4) is 0 Å². The van der Waals surface area contributed by atoms with E-state index in [9.17, 15) is 63.0 Å². The molecular formula is C30H45N9O15. The van der Waals surface area contributed by atoms with Gasteiger partial charge in [0, 0.05) is 51.0 Å². The summed E-state index contributed by atoms with van der Waals surface area (Å²) in [6.45, 7) is -2.10. The number of amides is 7. The molecule has 0 aliphatic carbocycles. The molecule has 0 spiro atoms. The summed E-state index contributed by atoms with van der Waals surface area (Å²) in [4.78, 5) is 135. The van der Waals surface area contributed by atoms with E-state index in [0.29, 0.717) is 4.90 Å². The number of hydrogen-bond acceptors (Lipinski definition) is 14. The highest BCUT2D eigenvalue weighted by Crippen LogP contribution is 2.09. The van der Waals surface area contributed by atoms with E-state index in [1.807, 2.05) is 0 Å². The summed E-state index contributed by atoms with van der Waals surface area (Å²) >= 11 is 0. The maximum Gasteiger partial charge on any atom is 0.328 e. The molecule has 0 aromatic heterocycles. The Balaban J connectivity index is 3.26. The fourth-order valence-electron chi connectivity index (χ4n) is 4.81. The lowest BCUT2D eigenvalue weighted by Gasteiger charge is -2.27. The normalized spacial score (nSPS) is 15.5. The molecule has 0 unspecified atom stereocenters. The number of nitrogens with one attached hydrogen (secondary N) is 7. The number of nitrogens with zero attached hydrogens (tertiary/aromatic N) is 1. The van der Waals surface area contributed by atoms with E-state index >= 15 is 0 Å². The predicted molar refractivity (Wildman–Crippen MR) is 180 cm³/mol. The van der Waals surface area contributed by atoms with Crippen molar-refractivity contribution >= 4 is 65.2 Å². The Morgan fingerprint density at radius 2 is 0.944 bits per heavy atom. The fourth-order valence-corrected chi connectivity index (χ4v) is 4.81. The molecule has 24 heteroatoms. The molecule has 0 aromatic carbocycles. The van der Waals surface area contributed by atoms with Gasteiger partial charge in [-0.3, -0.25) is 52.8 Å². The number of carbonyl (C=O) groups excluding carboxylic acids is 7. The van der Waals surface area contributed by atoms with Crippen LogP contribution >= 0.6 is 0 Å². The van der Waals surface area contributed by atoms with Gasteiger partial charge in [0.15, 0.2) is 0 Å². The van der Waals surface area contributed by atoms with Gasteiger partial charge < -0.3 is 63.4 Å². The summed E-state index contributed by atoms with van der Waals surface area (Å²) in [5.41, 5.74) is 5.62. The van der Waals surface area contributed by atoms with Gasteiger partial charge >= 0.3 is 23.9 Å². The largest absolute Gasteiger partial charge is 0.481 e. The number of carbonyl (C=O) groups is 11. The van der Waals surface area contributed by atoms with E-state index < -0.39 is 147 Å². The molecule has 7 amide bonds. The highest BCUT2D eigenvalue weighted by molar-refractivity contribution is 6.15. The van der Waals surface area contributed by atoms with Gasteiger partial charge in [0.25, 0.3) is 11.8 Å². The van der Waals surface area contributed by atoms with Crippen LogP contribution < -0.4 is 43.0 Å². The lowest BCUT2D eigenvalue weighted by molar-refractivity contribution is -0.145. The second kappa shape index (κ2) is 22.8. The van der Waals surface area contributed by atoms with Crippen LogP contribution in [0.5, 0.6) is 0 Å². The molecule has 0 fully saturated rings. The lowest BCUT2D eigenvalue weighted by Crippen LogP contribution is -2.61. The van der Waals surface area contributed by atoms with Crippen molar-refractivity contribution in [2.24, 2.45) is 5.73 Å². The van der Waals surface area contributed by atoms with Gasteiger partial charge in [0.2, 0.25) is 29.5 Å². The second-order valence-corrected chi connectivity index (χ2v) is 11.6. The predicted octanol–water partition coefficient (Wildman–Crippen LogP) is -6.22. The van der Waals surface area contributed by atoms with Crippen LogP contribution in [0.3, 0.4) is 0 Å². The molecule has 24 nitrogen and oxygen atoms in total. The first-order valence-electron chi connectivity index (χ1n) is 16.3. The van der Waals surface area contributed by atoms with E-state index in [4.69, 9.17) is 15.9 Å². The highest BCUT2D eigenvalue weighted by Gasteiger charge is 2.36. The van der Waals surface area contributed by atoms with Crippen LogP contribution in [0.2, 0.25) is 0 Å². The highest BCUT2D eigenvalue weighted by atomic mass is 16.4. The summed E-state index contributed by atoms with van der Waals surface area (Å²) in [5.74, 6) is -12.4. The smallest absolute Gasteiger partial charge is 0.328 e. The van der Waals surface area contributed by atoms with Crippen LogP contribution in [0.1, 0.15) is 38.5 Å². The SMILES string of the molecule is CN[C@@H](CCC(=O)O)C(=O)N[C@@H](CNC(=O)[C@H](CCC(=O)O)NC(=O)[C@H](CNC(=O)[C@H](CN)N1C(=O)C=CC1=O)NC(=O)[C@H](CCC(=O)O)NC)C(=O)O. The lowest BCUT2D eigenvalue weighted by atomic mass is 10.1. The Hall–Kier alpha value is -6.01. The van der Waals surface area contributed by atoms with Gasteiger partial charge in [-0.25, -0.2) is 4.79 Å². The summed E-state index contributed by atoms with van der Waals surface area (Å²) < 4.78 is 0. The number of carboxylic acids is 4. The van der Waals surface area contributed by atoms with Crippen molar-refractivity contribution in [3.63, 3.8) is 0 Å². The van der Waals surface area contributed by atoms with Gasteiger partial charge in [-0.15, -0.1) is 0 Å². The Morgan fingerprint density at radius 3 is 1.35 bits per heavy atom. The molecule has 0 aromatic rings. The van der Waals surface area contributed by atoms with Crippen molar-refractivity contribution in [2.45, 2.75) is 74.8 Å². The Labute approximate surface area is 307 Å². The van der Waals surface area contributed by atoms with E-state index in [1.54, 1.807) is 0 Å². The zero-order valence-corrected chi connectivity index (χ0v) is 29.3. The van der Waals surface area contributed by atoms with Crippen molar-refractivity contribution in [2.75, 3.05) is 33.7 Å². The fraction of sp³-hybridized carbons (Fsp3) is 0.567. The van der Waals surface area contributed by atoms with Crippen molar-refractivity contribution in [1.29, 1.82) is 0 Å². The van der Waals surface area contributed by atoms with Gasteiger partial charge in [-0.05, 0) is 33.4 Å². The molecule has 1 aliphatic heterocycles. The Bertz CT molecular complexity index is 1470. The summed E-state index contributed by atoms with van der Waals surface area (Å²) in [5, 5.41) is 53.0. The average Bonchev–Trinajstić information content (AvgIpc) is 3.43. The molecule has 0 radical (unpaired) electrons. The maximum atomic E-state index is 13.6. The number of hydrogen-bond donors (Lipinski definition) is 12. The standard InChI is InChI=1S/C30H45N9O15/c1-32-14(3-8-22(42)43)26(49)37-17(12-35-29(52)19(11-31)39-20(40)6-7-21(39)41)28(51)36-16(5-10-24(46)47)25(48)34-13-18(30(53)54)38-27(50)15(33-2)4-9-23(44)45/h6-7,14-19,32-33H,3-5,8-13,31H2,1-2H3,(H,34,48)(H,35,52)(H,36,51)(H,37,49)(H,38,50)(H,42,43)(H,44,45)(H,46,47)(H,53,54)/t14-,15-,16-,17-,18-,19-/m0/s1. The van der Waals surface area contributed by atoms with Crippen LogP contribution in [-0.4, -0.2) is 161 Å². The molecule has 300 valence electrons. The molecule has 1 heterocycles. The van der Waals surface area contributed by atoms with E-state index in [2.05, 4.69) is 37.2 Å². The van der Waals surface area contributed by atoms with Gasteiger partial charge in [0.05, 0.1) is 12.1 Å². The number of carboxylic acid groups (broad SMARTS) is 4. The van der Waals surface area contributed by atoms with Crippen molar-refractivity contribution < 1.29 is 73.2 Å². The maximum absolute atomic E-state index is 13.6. The van der Waals surface area contributed by atoms with Crippen molar-refractivity contribution in [1.82, 2.24) is 42.1 Å². The number of rotatable bonds is 26. The van der Waals surface area contributed by atoms with Crippen LogP contribution in [0, 0.1) is 0 Å². The zero-order valence-electron chi connectivity index (χ0n) is 29.3. The van der Waals surface area contributed by atoms with Crippen LogP contribution in [0.4, 0.5) is 0 Å². The van der Waals surface area contributed by atoms with E-state index in [1.165, 1.54) is 14.1 Å². The third kappa shape index (κ3) is 15.3. The third-order valence-corrected chi connectivity index (χ3v) is 7.79. The first-order chi connectivity index (χ1) is 25.4. The molecule has 1 rings (SSSR count). The molecule has 1 aliphatic rings. The average molecular weight is 772 g/mol. The van der Waals surface area contributed by atoms with Crippen LogP contribution in [0.25, 0.3) is 0 Å². The zero-order chi connectivity index (χ0) is 41.1. The molecule has 6 atom stereocenters. The van der Waals surface area contributed by atoms with Gasteiger partial charge in [-0.1, -0.05) is 0 Å². The monoisotopic (exact) mass is 771 g/mol. The second-order valence-electron chi connectivity index (χ2n) is 11.6. The number of aliphatic carboxylic acids is 4. The molecule has 0 saturated carbocycles. The van der Waals surface area contributed by atoms with E-state index in [-0.39, 0.29) is 12.8 Å². The minimum Gasteiger partial charge on any atom is -0.481 e. The van der Waals surface area contributed by atoms with Crippen LogP contribution in [-0.2, 0) is 52.7 Å². The van der Waals surface area contributed by atoms with Gasteiger partial charge in [-0.2, -0.15) is 0 Å². The Kier molecular flexibility index (Phi) is 19.4. The minimum absolute atomic E-state index is 0.203. The quantitative estimate of drug-likeness (QED) is 0.0364. The summed E-state index contributed by atoms with van der Waals surface area (Å²) in [6, 6.07) is -9.10.